The number of hydrogen-bond acceptors (Lipinski definition) is 6. The Kier molecular flexibility index (Phi) is 5.99. The first-order valence-electron chi connectivity index (χ1n) is 7.97. The molecule has 1 amide bonds. The summed E-state index contributed by atoms with van der Waals surface area (Å²) >= 11 is 0. The second-order valence-electron chi connectivity index (χ2n) is 6.71. The van der Waals surface area contributed by atoms with Gasteiger partial charge in [0.2, 0.25) is 11.6 Å². The highest BCUT2D eigenvalue weighted by atomic mass is 19.4. The molecule has 0 atom stereocenters. The van der Waals surface area contributed by atoms with Crippen LogP contribution >= 0.6 is 0 Å². The zero-order valence-corrected chi connectivity index (χ0v) is 15.3. The Balaban J connectivity index is 2.33. The van der Waals surface area contributed by atoms with Crippen molar-refractivity contribution in [1.29, 1.82) is 0 Å². The number of alkyl halides is 6. The summed E-state index contributed by atoms with van der Waals surface area (Å²) in [7, 11) is 0. The van der Waals surface area contributed by atoms with Crippen LogP contribution in [0.3, 0.4) is 0 Å². The van der Waals surface area contributed by atoms with E-state index in [-0.39, 0.29) is 17.0 Å². The Morgan fingerprint density at radius 2 is 1.52 bits per heavy atom. The number of hydrogen-bond donors (Lipinski definition) is 1. The molecule has 7 nitrogen and oxygen atoms in total. The van der Waals surface area contributed by atoms with Crippen LogP contribution in [0.15, 0.2) is 18.5 Å². The third kappa shape index (κ3) is 6.54. The van der Waals surface area contributed by atoms with Crippen LogP contribution in [0.2, 0.25) is 0 Å². The van der Waals surface area contributed by atoms with Crippen LogP contribution in [0, 0.1) is 0 Å². The number of alkyl carbamates (subject to hydrolysis) is 1. The van der Waals surface area contributed by atoms with Crippen LogP contribution in [0.4, 0.5) is 31.1 Å². The molecule has 29 heavy (non-hydrogen) atoms. The second kappa shape index (κ2) is 7.79. The normalized spacial score (nSPS) is 12.6. The number of nitrogens with zero attached hydrogens (tertiary/aromatic N) is 4. The van der Waals surface area contributed by atoms with Gasteiger partial charge in [0.15, 0.2) is 0 Å². The molecular formula is C16H15F6N5O2. The average molecular weight is 423 g/mol. The zero-order valence-electron chi connectivity index (χ0n) is 15.3. The van der Waals surface area contributed by atoms with E-state index in [0.29, 0.717) is 12.4 Å². The Hall–Kier alpha value is -2.99. The second-order valence-corrected chi connectivity index (χ2v) is 6.71. The number of nitrogens with one attached hydrogen (secondary N) is 1. The predicted octanol–water partition coefficient (Wildman–Crippen LogP) is 4.00. The highest BCUT2D eigenvalue weighted by Gasteiger charge is 2.36. The van der Waals surface area contributed by atoms with Crippen LogP contribution in [0.5, 0.6) is 0 Å². The Morgan fingerprint density at radius 1 is 0.966 bits per heavy atom. The fraction of sp³-hybridized carbons (Fsp3) is 0.438. The standard InChI is InChI=1S/C16H15F6N5O2/c1-14(2,3)29-13(28)25-7-9-4-10(27-12(26-9)16(20,21)22)8-5-23-11(24-6-8)15(17,18)19/h4-6H,7H2,1-3H3,(H,25,28). The summed E-state index contributed by atoms with van der Waals surface area (Å²) in [5.41, 5.74) is -1.62. The average Bonchev–Trinajstić information content (AvgIpc) is 2.57. The van der Waals surface area contributed by atoms with Gasteiger partial charge in [-0.2, -0.15) is 26.3 Å². The van der Waals surface area contributed by atoms with Crippen molar-refractivity contribution in [3.05, 3.63) is 35.8 Å². The molecule has 0 saturated carbocycles. The van der Waals surface area contributed by atoms with Crippen LogP contribution in [-0.4, -0.2) is 31.6 Å². The minimum absolute atomic E-state index is 0.190. The monoisotopic (exact) mass is 423 g/mol. The molecule has 1 N–H and O–H groups in total. The number of rotatable bonds is 3. The lowest BCUT2D eigenvalue weighted by Crippen LogP contribution is -2.32. The number of carbonyl (C=O) groups excluding carboxylic acids is 1. The lowest BCUT2D eigenvalue weighted by atomic mass is 10.2. The molecule has 0 aromatic carbocycles. The molecule has 0 aliphatic carbocycles. The van der Waals surface area contributed by atoms with Crippen molar-refractivity contribution in [3.63, 3.8) is 0 Å². The molecule has 0 aliphatic rings. The Bertz CT molecular complexity index is 875. The maximum absolute atomic E-state index is 13.1. The van der Waals surface area contributed by atoms with Crippen molar-refractivity contribution in [1.82, 2.24) is 25.3 Å². The van der Waals surface area contributed by atoms with Gasteiger partial charge in [-0.05, 0) is 26.8 Å². The van der Waals surface area contributed by atoms with Gasteiger partial charge < -0.3 is 10.1 Å². The Labute approximate surface area is 160 Å². The van der Waals surface area contributed by atoms with Crippen molar-refractivity contribution in [3.8, 4) is 11.3 Å². The highest BCUT2D eigenvalue weighted by molar-refractivity contribution is 5.67. The van der Waals surface area contributed by atoms with Crippen LogP contribution in [0.25, 0.3) is 11.3 Å². The molecular weight excluding hydrogens is 408 g/mol. The van der Waals surface area contributed by atoms with Crippen molar-refractivity contribution >= 4 is 6.09 Å². The molecule has 0 radical (unpaired) electrons. The predicted molar refractivity (Wildman–Crippen MR) is 86.1 cm³/mol. The van der Waals surface area contributed by atoms with E-state index in [9.17, 15) is 31.1 Å². The van der Waals surface area contributed by atoms with Gasteiger partial charge in [-0.3, -0.25) is 0 Å². The summed E-state index contributed by atoms with van der Waals surface area (Å²) in [6, 6.07) is 1.07. The van der Waals surface area contributed by atoms with Crippen molar-refractivity contribution in [2.45, 2.75) is 45.3 Å². The lowest BCUT2D eigenvalue weighted by Gasteiger charge is -2.19. The molecule has 0 aliphatic heterocycles. The summed E-state index contributed by atoms with van der Waals surface area (Å²) in [6.45, 7) is 4.36. The molecule has 0 unspecified atom stereocenters. The van der Waals surface area contributed by atoms with Crippen molar-refractivity contribution in [2.24, 2.45) is 0 Å². The van der Waals surface area contributed by atoms with Gasteiger partial charge in [-0.15, -0.1) is 0 Å². The first-order chi connectivity index (χ1) is 13.1. The number of halogens is 6. The maximum atomic E-state index is 13.1. The van der Waals surface area contributed by atoms with E-state index in [2.05, 4.69) is 25.3 Å². The summed E-state index contributed by atoms with van der Waals surface area (Å²) in [5.74, 6) is -2.98. The fourth-order valence-corrected chi connectivity index (χ4v) is 1.95. The van der Waals surface area contributed by atoms with Gasteiger partial charge >= 0.3 is 18.4 Å². The van der Waals surface area contributed by atoms with E-state index in [1.165, 1.54) is 0 Å². The van der Waals surface area contributed by atoms with E-state index in [0.717, 1.165) is 6.07 Å². The summed E-state index contributed by atoms with van der Waals surface area (Å²) in [5, 5.41) is 2.24. The molecule has 2 aromatic heterocycles. The minimum Gasteiger partial charge on any atom is -0.444 e. The first-order valence-corrected chi connectivity index (χ1v) is 7.97. The first kappa shape index (κ1) is 22.3. The molecule has 158 valence electrons. The SMILES string of the molecule is CC(C)(C)OC(=O)NCc1cc(-c2cnc(C(F)(F)F)nc2)nc(C(F)(F)F)n1. The quantitative estimate of drug-likeness (QED) is 0.751. The molecule has 2 aromatic rings. The molecule has 0 spiro atoms. The highest BCUT2D eigenvalue weighted by Crippen LogP contribution is 2.30. The van der Waals surface area contributed by atoms with Crippen LogP contribution in [0.1, 0.15) is 38.1 Å². The fourth-order valence-electron chi connectivity index (χ4n) is 1.95. The summed E-state index contributed by atoms with van der Waals surface area (Å²) in [4.78, 5) is 24.5. The summed E-state index contributed by atoms with van der Waals surface area (Å²) < 4.78 is 81.9. The van der Waals surface area contributed by atoms with Crippen LogP contribution in [-0.2, 0) is 23.6 Å². The molecule has 0 fully saturated rings. The van der Waals surface area contributed by atoms with Gasteiger partial charge in [0.05, 0.1) is 17.9 Å². The summed E-state index contributed by atoms with van der Waals surface area (Å²) in [6.07, 6.45) is -9.22. The number of aromatic nitrogens is 4. The van der Waals surface area contributed by atoms with E-state index in [1.54, 1.807) is 20.8 Å². The van der Waals surface area contributed by atoms with E-state index < -0.39 is 42.2 Å². The molecule has 2 heterocycles. The topological polar surface area (TPSA) is 89.9 Å². The molecule has 0 saturated heterocycles. The van der Waals surface area contributed by atoms with Gasteiger partial charge in [-0.1, -0.05) is 0 Å². The lowest BCUT2D eigenvalue weighted by molar-refractivity contribution is -0.145. The van der Waals surface area contributed by atoms with E-state index >= 15 is 0 Å². The van der Waals surface area contributed by atoms with Gasteiger partial charge in [0.1, 0.15) is 5.60 Å². The largest absolute Gasteiger partial charge is 0.451 e. The third-order valence-corrected chi connectivity index (χ3v) is 3.05. The molecule has 13 heteroatoms. The molecule has 2 rings (SSSR count). The maximum Gasteiger partial charge on any atom is 0.451 e. The minimum atomic E-state index is -4.93. The van der Waals surface area contributed by atoms with Gasteiger partial charge in [0.25, 0.3) is 0 Å². The van der Waals surface area contributed by atoms with Gasteiger partial charge in [0, 0.05) is 18.0 Å². The van der Waals surface area contributed by atoms with Gasteiger partial charge in [-0.25, -0.2) is 24.7 Å². The number of ether oxygens (including phenoxy) is 1. The smallest absolute Gasteiger partial charge is 0.444 e. The zero-order chi connectivity index (χ0) is 22.0. The van der Waals surface area contributed by atoms with Crippen molar-refractivity contribution in [2.75, 3.05) is 0 Å². The number of amides is 1. The van der Waals surface area contributed by atoms with E-state index in [1.807, 2.05) is 0 Å². The third-order valence-electron chi connectivity index (χ3n) is 3.05. The van der Waals surface area contributed by atoms with Crippen LogP contribution < -0.4 is 5.32 Å². The van der Waals surface area contributed by atoms with Crippen molar-refractivity contribution < 1.29 is 35.9 Å². The Morgan fingerprint density at radius 3 is 2.00 bits per heavy atom. The number of carbonyl (C=O) groups is 1. The van der Waals surface area contributed by atoms with E-state index in [4.69, 9.17) is 4.74 Å². The molecule has 0 bridgehead atoms.